The maximum atomic E-state index is 2.49. The summed E-state index contributed by atoms with van der Waals surface area (Å²) in [5.41, 5.74) is 19.9. The highest BCUT2D eigenvalue weighted by Gasteiger charge is 2.31. The van der Waals surface area contributed by atoms with Crippen LogP contribution in [0.5, 0.6) is 0 Å². The van der Waals surface area contributed by atoms with Crippen LogP contribution in [0.2, 0.25) is 0 Å². The lowest BCUT2D eigenvalue weighted by Crippen LogP contribution is -2.32. The molecule has 0 aliphatic heterocycles. The van der Waals surface area contributed by atoms with Gasteiger partial charge in [-0.25, -0.2) is 4.57 Å². The second-order valence-electron chi connectivity index (χ2n) is 9.55. The van der Waals surface area contributed by atoms with Gasteiger partial charge in [-0.05, 0) is 108 Å². The van der Waals surface area contributed by atoms with E-state index in [4.69, 9.17) is 0 Å². The van der Waals surface area contributed by atoms with E-state index in [1.54, 1.807) is 0 Å². The quantitative estimate of drug-likeness (QED) is 0.274. The summed E-state index contributed by atoms with van der Waals surface area (Å²) in [6, 6.07) is 18.7. The van der Waals surface area contributed by atoms with Gasteiger partial charge in [0.05, 0.1) is 0 Å². The Labute approximate surface area is 185 Å². The first-order chi connectivity index (χ1) is 14.9. The van der Waals surface area contributed by atoms with E-state index in [-0.39, 0.29) is 0 Å². The first-order valence-electron chi connectivity index (χ1n) is 11.3. The highest BCUT2D eigenvalue weighted by Crippen LogP contribution is 2.47. The fourth-order valence-corrected chi connectivity index (χ4v) is 5.89. The van der Waals surface area contributed by atoms with Crippen molar-refractivity contribution in [2.45, 2.75) is 40.5 Å². The van der Waals surface area contributed by atoms with Crippen molar-refractivity contribution in [3.8, 4) is 33.5 Å². The van der Waals surface area contributed by atoms with Crippen LogP contribution in [0.4, 0.5) is 0 Å². The molecule has 152 valence electrons. The van der Waals surface area contributed by atoms with Gasteiger partial charge in [0.15, 0.2) is 6.20 Å². The third-order valence-corrected chi connectivity index (χ3v) is 7.49. The molecule has 3 aromatic carbocycles. The average Bonchev–Trinajstić information content (AvgIpc) is 3.27. The Bertz CT molecular complexity index is 1420. The van der Waals surface area contributed by atoms with E-state index >= 15 is 0 Å². The summed E-state index contributed by atoms with van der Waals surface area (Å²) in [4.78, 5) is 0. The Hall–Kier alpha value is -3.19. The number of hydrogen-bond acceptors (Lipinski definition) is 0. The van der Waals surface area contributed by atoms with Gasteiger partial charge in [0.2, 0.25) is 5.69 Å². The number of pyridine rings is 1. The number of aryl methyl sites for hydroxylation is 4. The number of fused-ring (bicyclic) bond motifs is 6. The lowest BCUT2D eigenvalue weighted by atomic mass is 9.93. The second-order valence-corrected chi connectivity index (χ2v) is 9.55. The highest BCUT2D eigenvalue weighted by atomic mass is 14.9. The van der Waals surface area contributed by atoms with E-state index in [1.165, 1.54) is 78.0 Å². The molecule has 6 rings (SSSR count). The molecule has 0 bridgehead atoms. The largest absolute Gasteiger partial charge is 0.216 e. The third-order valence-electron chi connectivity index (χ3n) is 7.49. The fourth-order valence-electron chi connectivity index (χ4n) is 5.89. The van der Waals surface area contributed by atoms with Crippen molar-refractivity contribution in [2.75, 3.05) is 0 Å². The number of aromatic nitrogens is 1. The van der Waals surface area contributed by atoms with Gasteiger partial charge in [0, 0.05) is 23.6 Å². The van der Waals surface area contributed by atoms with Crippen LogP contribution < -0.4 is 4.57 Å². The third kappa shape index (κ3) is 2.59. The van der Waals surface area contributed by atoms with Crippen molar-refractivity contribution in [1.82, 2.24) is 0 Å². The number of hydrogen-bond donors (Lipinski definition) is 0. The van der Waals surface area contributed by atoms with Crippen molar-refractivity contribution < 1.29 is 4.57 Å². The topological polar surface area (TPSA) is 3.88 Å². The van der Waals surface area contributed by atoms with Crippen LogP contribution in [0.15, 0.2) is 54.7 Å². The van der Waals surface area contributed by atoms with Crippen LogP contribution in [0.3, 0.4) is 0 Å². The molecule has 31 heavy (non-hydrogen) atoms. The van der Waals surface area contributed by atoms with Crippen molar-refractivity contribution >= 4 is 0 Å². The molecule has 0 saturated carbocycles. The molecular formula is C30H28N+. The maximum Gasteiger partial charge on any atom is 0.216 e. The van der Waals surface area contributed by atoms with Gasteiger partial charge >= 0.3 is 0 Å². The second kappa shape index (κ2) is 6.40. The normalized spacial score (nSPS) is 13.1. The lowest BCUT2D eigenvalue weighted by molar-refractivity contribution is -0.660. The summed E-state index contributed by atoms with van der Waals surface area (Å²) in [5.74, 6) is 0. The Morgan fingerprint density at radius 1 is 0.677 bits per heavy atom. The average molecular weight is 403 g/mol. The molecule has 0 unspecified atom stereocenters. The summed E-state index contributed by atoms with van der Waals surface area (Å²) < 4.78 is 2.32. The molecule has 2 aliphatic carbocycles. The molecule has 0 saturated heterocycles. The summed E-state index contributed by atoms with van der Waals surface area (Å²) in [6.45, 7) is 8.95. The molecule has 2 aliphatic rings. The maximum absolute atomic E-state index is 2.49. The van der Waals surface area contributed by atoms with Crippen LogP contribution in [0, 0.1) is 27.7 Å². The van der Waals surface area contributed by atoms with Gasteiger partial charge in [0.1, 0.15) is 7.05 Å². The molecule has 0 radical (unpaired) electrons. The first-order valence-corrected chi connectivity index (χ1v) is 11.3. The molecule has 0 spiro atoms. The van der Waals surface area contributed by atoms with Crippen molar-refractivity contribution in [3.63, 3.8) is 0 Å². The summed E-state index contributed by atoms with van der Waals surface area (Å²) in [7, 11) is 2.19. The lowest BCUT2D eigenvalue weighted by Gasteiger charge is -2.12. The van der Waals surface area contributed by atoms with Crippen LogP contribution in [0.25, 0.3) is 33.5 Å². The fraction of sp³-hybridized carbons (Fsp3) is 0.233. The van der Waals surface area contributed by atoms with Crippen LogP contribution >= 0.6 is 0 Å². The minimum absolute atomic E-state index is 1.01. The molecular weight excluding hydrogens is 374 g/mol. The monoisotopic (exact) mass is 402 g/mol. The number of rotatable bonds is 1. The van der Waals surface area contributed by atoms with Crippen molar-refractivity contribution in [2.24, 2.45) is 7.05 Å². The molecule has 0 atom stereocenters. The summed E-state index contributed by atoms with van der Waals surface area (Å²) in [6.07, 6.45) is 4.31. The Morgan fingerprint density at radius 3 is 2.29 bits per heavy atom. The highest BCUT2D eigenvalue weighted by molar-refractivity contribution is 5.88. The molecule has 4 aromatic rings. The Kier molecular flexibility index (Phi) is 3.84. The Morgan fingerprint density at radius 2 is 1.45 bits per heavy atom. The van der Waals surface area contributed by atoms with E-state index in [9.17, 15) is 0 Å². The van der Waals surface area contributed by atoms with Gasteiger partial charge in [-0.15, -0.1) is 0 Å². The zero-order chi connectivity index (χ0) is 21.4. The van der Waals surface area contributed by atoms with E-state index in [1.807, 2.05) is 0 Å². The van der Waals surface area contributed by atoms with Crippen LogP contribution in [0.1, 0.15) is 44.5 Å². The van der Waals surface area contributed by atoms with Gasteiger partial charge in [-0.3, -0.25) is 0 Å². The molecule has 1 heterocycles. The standard InChI is InChI=1S/C30H28N/c1-17-11-19(3)20(4)25(12-17)30-28-16-23-15-27-22(13-21-8-6-7-18(2)29(21)27)14-26(23)24(28)9-10-31(30)5/h6-12,14-15H,13,16H2,1-5H3/q+1. The number of nitrogens with zero attached hydrogens (tertiary/aromatic N) is 1. The minimum Gasteiger partial charge on any atom is -0.201 e. The predicted octanol–water partition coefficient (Wildman–Crippen LogP) is 6.55. The van der Waals surface area contributed by atoms with E-state index < -0.39 is 0 Å². The molecule has 1 aromatic heterocycles. The SMILES string of the molecule is Cc1cc(C)c(C)c(-c2c3c(cc[n+]2C)-c2cc4c(cc2C3)-c2c(C)cccc2C4)c1. The van der Waals surface area contributed by atoms with Gasteiger partial charge < -0.3 is 0 Å². The van der Waals surface area contributed by atoms with Crippen molar-refractivity contribution in [1.29, 1.82) is 0 Å². The zero-order valence-electron chi connectivity index (χ0n) is 19.1. The smallest absolute Gasteiger partial charge is 0.201 e. The van der Waals surface area contributed by atoms with Gasteiger partial charge in [0.25, 0.3) is 0 Å². The Balaban J connectivity index is 1.56. The molecule has 0 fully saturated rings. The number of benzene rings is 3. The first kappa shape index (κ1) is 18.6. The van der Waals surface area contributed by atoms with E-state index in [0.29, 0.717) is 0 Å². The molecule has 0 amide bonds. The molecule has 0 N–H and O–H groups in total. The van der Waals surface area contributed by atoms with Gasteiger partial charge in [-0.1, -0.05) is 29.8 Å². The van der Waals surface area contributed by atoms with Crippen LogP contribution in [-0.4, -0.2) is 0 Å². The summed E-state index contributed by atoms with van der Waals surface area (Å²) in [5, 5.41) is 0. The minimum atomic E-state index is 1.01. The zero-order valence-corrected chi connectivity index (χ0v) is 19.1. The van der Waals surface area contributed by atoms with Crippen LogP contribution in [-0.2, 0) is 19.9 Å². The molecule has 1 nitrogen and oxygen atoms in total. The summed E-state index contributed by atoms with van der Waals surface area (Å²) >= 11 is 0. The van der Waals surface area contributed by atoms with E-state index in [0.717, 1.165) is 12.8 Å². The van der Waals surface area contributed by atoms with Crippen molar-refractivity contribution in [3.05, 3.63) is 99.2 Å². The molecule has 1 heteroatoms. The van der Waals surface area contributed by atoms with E-state index in [2.05, 4.69) is 94.0 Å². The predicted molar refractivity (Wildman–Crippen MR) is 128 cm³/mol. The van der Waals surface area contributed by atoms with Gasteiger partial charge in [-0.2, -0.15) is 0 Å².